The van der Waals surface area contributed by atoms with Gasteiger partial charge in [-0.2, -0.15) is 5.26 Å². The van der Waals surface area contributed by atoms with Crippen LogP contribution in [0.5, 0.6) is 0 Å². The SMILES string of the molecule is CCC1CCC(O)(C2(C#N)CCc3ccccc32)C1. The van der Waals surface area contributed by atoms with Crippen LogP contribution in [0.4, 0.5) is 0 Å². The van der Waals surface area contributed by atoms with Crippen molar-refractivity contribution in [3.8, 4) is 6.07 Å². The Morgan fingerprint density at radius 2 is 2.16 bits per heavy atom. The zero-order valence-electron chi connectivity index (χ0n) is 11.5. The van der Waals surface area contributed by atoms with Gasteiger partial charge in [0.15, 0.2) is 0 Å². The van der Waals surface area contributed by atoms with Gasteiger partial charge in [-0.15, -0.1) is 0 Å². The van der Waals surface area contributed by atoms with Gasteiger partial charge in [0.05, 0.1) is 11.7 Å². The molecule has 1 fully saturated rings. The summed E-state index contributed by atoms with van der Waals surface area (Å²) in [5.41, 5.74) is 0.830. The average molecular weight is 255 g/mol. The third-order valence-electron chi connectivity index (χ3n) is 5.40. The van der Waals surface area contributed by atoms with E-state index < -0.39 is 11.0 Å². The number of hydrogen-bond donors (Lipinski definition) is 1. The van der Waals surface area contributed by atoms with E-state index in [1.165, 1.54) is 5.56 Å². The monoisotopic (exact) mass is 255 g/mol. The highest BCUT2D eigenvalue weighted by molar-refractivity contribution is 5.47. The van der Waals surface area contributed by atoms with E-state index in [1.54, 1.807) is 0 Å². The standard InChI is InChI=1S/C17H21NO/c1-2-13-7-10-17(19,11-13)16(12-18)9-8-14-5-3-4-6-15(14)16/h3-6,13,19H,2,7-11H2,1H3. The van der Waals surface area contributed by atoms with Gasteiger partial charge in [0.1, 0.15) is 5.41 Å². The van der Waals surface area contributed by atoms with Gasteiger partial charge in [-0.25, -0.2) is 0 Å². The average Bonchev–Trinajstić information content (AvgIpc) is 3.01. The highest BCUT2D eigenvalue weighted by Gasteiger charge is 2.57. The lowest BCUT2D eigenvalue weighted by Crippen LogP contribution is -2.48. The number of rotatable bonds is 2. The van der Waals surface area contributed by atoms with Crippen LogP contribution >= 0.6 is 0 Å². The van der Waals surface area contributed by atoms with Crippen LogP contribution in [0.25, 0.3) is 0 Å². The van der Waals surface area contributed by atoms with Crippen LogP contribution in [0.15, 0.2) is 24.3 Å². The molecule has 0 aliphatic heterocycles. The third-order valence-corrected chi connectivity index (χ3v) is 5.40. The Hall–Kier alpha value is -1.33. The second kappa shape index (κ2) is 4.35. The van der Waals surface area contributed by atoms with Crippen molar-refractivity contribution >= 4 is 0 Å². The van der Waals surface area contributed by atoms with E-state index in [2.05, 4.69) is 19.1 Å². The summed E-state index contributed by atoms with van der Waals surface area (Å²) in [7, 11) is 0. The van der Waals surface area contributed by atoms with Crippen molar-refractivity contribution in [2.45, 2.75) is 56.5 Å². The lowest BCUT2D eigenvalue weighted by Gasteiger charge is -2.38. The van der Waals surface area contributed by atoms with E-state index in [4.69, 9.17) is 0 Å². The molecule has 3 unspecified atom stereocenters. The number of fused-ring (bicyclic) bond motifs is 1. The van der Waals surface area contributed by atoms with Crippen LogP contribution in [0.3, 0.4) is 0 Å². The van der Waals surface area contributed by atoms with Gasteiger partial charge >= 0.3 is 0 Å². The van der Waals surface area contributed by atoms with Crippen LogP contribution in [0.1, 0.15) is 50.2 Å². The minimum Gasteiger partial charge on any atom is -0.388 e. The Labute approximate surface area is 115 Å². The molecule has 1 aromatic carbocycles. The largest absolute Gasteiger partial charge is 0.388 e. The van der Waals surface area contributed by atoms with Crippen LogP contribution in [-0.4, -0.2) is 10.7 Å². The second-order valence-corrected chi connectivity index (χ2v) is 6.22. The molecule has 1 aromatic rings. The van der Waals surface area contributed by atoms with E-state index in [9.17, 15) is 10.4 Å². The first-order chi connectivity index (χ1) is 9.15. The summed E-state index contributed by atoms with van der Waals surface area (Å²) in [4.78, 5) is 0. The maximum Gasteiger partial charge on any atom is 0.111 e. The molecule has 1 N–H and O–H groups in total. The Bertz CT molecular complexity index is 532. The molecule has 0 bridgehead atoms. The Kier molecular flexibility index (Phi) is 2.91. The predicted molar refractivity (Wildman–Crippen MR) is 74.6 cm³/mol. The zero-order valence-corrected chi connectivity index (χ0v) is 11.5. The van der Waals surface area contributed by atoms with Crippen LogP contribution < -0.4 is 0 Å². The summed E-state index contributed by atoms with van der Waals surface area (Å²) >= 11 is 0. The summed E-state index contributed by atoms with van der Waals surface area (Å²) < 4.78 is 0. The highest BCUT2D eigenvalue weighted by Crippen LogP contribution is 2.54. The molecule has 1 saturated carbocycles. The Balaban J connectivity index is 2.05. The second-order valence-electron chi connectivity index (χ2n) is 6.22. The van der Waals surface area contributed by atoms with Crippen molar-refractivity contribution in [1.29, 1.82) is 5.26 Å². The number of benzene rings is 1. The first kappa shape index (κ1) is 12.7. The van der Waals surface area contributed by atoms with Crippen molar-refractivity contribution < 1.29 is 5.11 Å². The minimum atomic E-state index is -0.824. The molecule has 0 heterocycles. The summed E-state index contributed by atoms with van der Waals surface area (Å²) in [6, 6.07) is 10.7. The number of hydrogen-bond acceptors (Lipinski definition) is 2. The molecular weight excluding hydrogens is 234 g/mol. The van der Waals surface area contributed by atoms with Gasteiger partial charge < -0.3 is 5.11 Å². The zero-order chi connectivity index (χ0) is 13.5. The fourth-order valence-corrected chi connectivity index (χ4v) is 4.18. The minimum absolute atomic E-state index is 0.572. The molecule has 0 aromatic heterocycles. The van der Waals surface area contributed by atoms with Crippen molar-refractivity contribution in [2.24, 2.45) is 5.92 Å². The number of aryl methyl sites for hydroxylation is 1. The summed E-state index contributed by atoms with van der Waals surface area (Å²) in [5.74, 6) is 0.572. The molecule has 0 amide bonds. The fraction of sp³-hybridized carbons (Fsp3) is 0.588. The van der Waals surface area contributed by atoms with E-state index in [0.717, 1.165) is 44.1 Å². The molecule has 100 valence electrons. The van der Waals surface area contributed by atoms with Gasteiger partial charge in [0.2, 0.25) is 0 Å². The highest BCUT2D eigenvalue weighted by atomic mass is 16.3. The molecule has 0 radical (unpaired) electrons. The molecule has 0 saturated heterocycles. The Morgan fingerprint density at radius 3 is 2.84 bits per heavy atom. The molecule has 3 atom stereocenters. The number of aliphatic hydroxyl groups is 1. The van der Waals surface area contributed by atoms with E-state index in [-0.39, 0.29) is 0 Å². The molecule has 0 spiro atoms. The van der Waals surface area contributed by atoms with E-state index >= 15 is 0 Å². The quantitative estimate of drug-likeness (QED) is 0.881. The number of nitriles is 1. The maximum absolute atomic E-state index is 11.2. The van der Waals surface area contributed by atoms with E-state index in [1.807, 2.05) is 18.2 Å². The molecule has 19 heavy (non-hydrogen) atoms. The van der Waals surface area contributed by atoms with Crippen molar-refractivity contribution in [3.63, 3.8) is 0 Å². The lowest BCUT2D eigenvalue weighted by atomic mass is 9.67. The van der Waals surface area contributed by atoms with Gasteiger partial charge in [0.25, 0.3) is 0 Å². The van der Waals surface area contributed by atoms with Crippen LogP contribution in [0, 0.1) is 17.2 Å². The van der Waals surface area contributed by atoms with Gasteiger partial charge in [-0.3, -0.25) is 0 Å². The molecular formula is C17H21NO. The first-order valence-corrected chi connectivity index (χ1v) is 7.37. The molecule has 2 aliphatic rings. The first-order valence-electron chi connectivity index (χ1n) is 7.37. The van der Waals surface area contributed by atoms with Crippen molar-refractivity contribution in [1.82, 2.24) is 0 Å². The molecule has 2 aliphatic carbocycles. The predicted octanol–water partition coefficient (Wildman–Crippen LogP) is 3.34. The summed E-state index contributed by atoms with van der Waals surface area (Å²) in [5, 5.41) is 21.0. The van der Waals surface area contributed by atoms with E-state index in [0.29, 0.717) is 5.92 Å². The van der Waals surface area contributed by atoms with Gasteiger partial charge in [-0.05, 0) is 49.1 Å². The van der Waals surface area contributed by atoms with Crippen molar-refractivity contribution in [3.05, 3.63) is 35.4 Å². The molecule has 2 heteroatoms. The lowest BCUT2D eigenvalue weighted by molar-refractivity contribution is -0.0141. The fourth-order valence-electron chi connectivity index (χ4n) is 4.18. The van der Waals surface area contributed by atoms with Gasteiger partial charge in [-0.1, -0.05) is 37.6 Å². The summed E-state index contributed by atoms with van der Waals surface area (Å²) in [6.07, 6.45) is 5.40. The number of nitrogens with zero attached hydrogens (tertiary/aromatic N) is 1. The topological polar surface area (TPSA) is 44.0 Å². The van der Waals surface area contributed by atoms with Crippen molar-refractivity contribution in [2.75, 3.05) is 0 Å². The van der Waals surface area contributed by atoms with Crippen LogP contribution in [0.2, 0.25) is 0 Å². The summed E-state index contributed by atoms with van der Waals surface area (Å²) in [6.45, 7) is 2.18. The molecule has 3 rings (SSSR count). The Morgan fingerprint density at radius 1 is 1.37 bits per heavy atom. The smallest absolute Gasteiger partial charge is 0.111 e. The third kappa shape index (κ3) is 1.65. The maximum atomic E-state index is 11.2. The normalized spacial score (nSPS) is 37.0. The van der Waals surface area contributed by atoms with Gasteiger partial charge in [0, 0.05) is 0 Å². The molecule has 2 nitrogen and oxygen atoms in total. The van der Waals surface area contributed by atoms with Crippen LogP contribution in [-0.2, 0) is 11.8 Å².